The fourth-order valence-corrected chi connectivity index (χ4v) is 2.27. The van der Waals surface area contributed by atoms with Crippen LogP contribution in [0.1, 0.15) is 19.0 Å². The van der Waals surface area contributed by atoms with Gasteiger partial charge in [-0.2, -0.15) is 0 Å². The van der Waals surface area contributed by atoms with E-state index in [9.17, 15) is 0 Å². The van der Waals surface area contributed by atoms with Gasteiger partial charge in [-0.05, 0) is 37.8 Å². The Morgan fingerprint density at radius 3 is 2.94 bits per heavy atom. The highest BCUT2D eigenvalue weighted by Crippen LogP contribution is 2.21. The predicted molar refractivity (Wildman–Crippen MR) is 78.9 cm³/mol. The topological polar surface area (TPSA) is 29.9 Å². The highest BCUT2D eigenvalue weighted by Gasteiger charge is 2.07. The molecule has 0 saturated carbocycles. The summed E-state index contributed by atoms with van der Waals surface area (Å²) < 4.78 is 2.12. The number of aromatic nitrogens is 2. The zero-order valence-corrected chi connectivity index (χ0v) is 11.9. The third-order valence-corrected chi connectivity index (χ3v) is 3.42. The number of imidazole rings is 1. The molecule has 0 aliphatic carbocycles. The first-order chi connectivity index (χ1) is 8.74. The predicted octanol–water partition coefficient (Wildman–Crippen LogP) is 3.72. The van der Waals surface area contributed by atoms with Crippen LogP contribution < -0.4 is 5.32 Å². The van der Waals surface area contributed by atoms with Crippen LogP contribution in [-0.4, -0.2) is 22.4 Å². The maximum atomic E-state index is 4.53. The number of aryl methyl sites for hydroxylation is 1. The highest BCUT2D eigenvalue weighted by atomic mass is 32.2. The molecular weight excluding hydrogens is 242 g/mol. The molecule has 2 aromatic rings. The third-order valence-electron chi connectivity index (χ3n) is 2.69. The number of nitrogens with zero attached hydrogens (tertiary/aromatic N) is 2. The summed E-state index contributed by atoms with van der Waals surface area (Å²) >= 11 is 1.75. The number of nitrogens with one attached hydrogen (secondary N) is 1. The average molecular weight is 261 g/mol. The number of anilines is 1. The fraction of sp³-hybridized carbons (Fsp3) is 0.357. The summed E-state index contributed by atoms with van der Waals surface area (Å²) in [5.41, 5.74) is 2.18. The minimum Gasteiger partial charge on any atom is -0.355 e. The molecule has 0 spiro atoms. The molecule has 0 saturated heterocycles. The van der Waals surface area contributed by atoms with Crippen LogP contribution in [0.25, 0.3) is 5.69 Å². The van der Waals surface area contributed by atoms with E-state index in [1.165, 1.54) is 4.90 Å². The molecule has 0 unspecified atom stereocenters. The molecule has 1 aromatic carbocycles. The molecule has 18 heavy (non-hydrogen) atoms. The standard InChI is InChI=1S/C14H19N3S/c1-4-8-15-14-16-11(2)10-17(14)12-6-5-7-13(9-12)18-3/h5-7,9-10H,4,8H2,1-3H3,(H,15,16). The van der Waals surface area contributed by atoms with Gasteiger partial charge in [-0.25, -0.2) is 4.98 Å². The lowest BCUT2D eigenvalue weighted by molar-refractivity contribution is 0.935. The van der Waals surface area contributed by atoms with E-state index in [0.29, 0.717) is 0 Å². The number of rotatable bonds is 5. The van der Waals surface area contributed by atoms with Gasteiger partial charge < -0.3 is 5.32 Å². The van der Waals surface area contributed by atoms with E-state index in [4.69, 9.17) is 0 Å². The second-order valence-corrected chi connectivity index (χ2v) is 5.08. The second kappa shape index (κ2) is 5.96. The lowest BCUT2D eigenvalue weighted by Crippen LogP contribution is -2.06. The van der Waals surface area contributed by atoms with Crippen LogP contribution in [0.4, 0.5) is 5.95 Å². The second-order valence-electron chi connectivity index (χ2n) is 4.20. The molecule has 0 amide bonds. The lowest BCUT2D eigenvalue weighted by atomic mass is 10.3. The normalized spacial score (nSPS) is 10.6. The van der Waals surface area contributed by atoms with E-state index in [-0.39, 0.29) is 0 Å². The van der Waals surface area contributed by atoms with Crippen LogP contribution in [0.5, 0.6) is 0 Å². The number of hydrogen-bond acceptors (Lipinski definition) is 3. The van der Waals surface area contributed by atoms with Gasteiger partial charge in [-0.1, -0.05) is 13.0 Å². The molecule has 96 valence electrons. The molecule has 2 rings (SSSR count). The number of hydrogen-bond donors (Lipinski definition) is 1. The molecule has 0 atom stereocenters. The molecular formula is C14H19N3S. The van der Waals surface area contributed by atoms with Crippen LogP contribution in [0.15, 0.2) is 35.4 Å². The fourth-order valence-electron chi connectivity index (χ4n) is 1.82. The first-order valence-electron chi connectivity index (χ1n) is 6.19. The van der Waals surface area contributed by atoms with Crippen molar-refractivity contribution in [2.24, 2.45) is 0 Å². The smallest absolute Gasteiger partial charge is 0.207 e. The minimum absolute atomic E-state index is 0.924. The Hall–Kier alpha value is -1.42. The number of thioether (sulfide) groups is 1. The molecule has 1 N–H and O–H groups in total. The van der Waals surface area contributed by atoms with Crippen molar-refractivity contribution in [1.29, 1.82) is 0 Å². The molecule has 0 fully saturated rings. The van der Waals surface area contributed by atoms with Gasteiger partial charge in [0.15, 0.2) is 0 Å². The maximum absolute atomic E-state index is 4.53. The van der Waals surface area contributed by atoms with Crippen LogP contribution >= 0.6 is 11.8 Å². The molecule has 1 heterocycles. The van der Waals surface area contributed by atoms with Crippen molar-refractivity contribution in [3.63, 3.8) is 0 Å². The van der Waals surface area contributed by atoms with Gasteiger partial charge in [0.05, 0.1) is 5.69 Å². The van der Waals surface area contributed by atoms with Crippen LogP contribution in [0.2, 0.25) is 0 Å². The van der Waals surface area contributed by atoms with Gasteiger partial charge in [0.25, 0.3) is 0 Å². The van der Waals surface area contributed by atoms with Crippen molar-refractivity contribution in [2.45, 2.75) is 25.2 Å². The van der Waals surface area contributed by atoms with Crippen molar-refractivity contribution in [3.05, 3.63) is 36.2 Å². The molecule has 1 aromatic heterocycles. The number of benzene rings is 1. The van der Waals surface area contributed by atoms with E-state index in [2.05, 4.69) is 58.5 Å². The zero-order valence-electron chi connectivity index (χ0n) is 11.1. The Morgan fingerprint density at radius 2 is 2.22 bits per heavy atom. The van der Waals surface area contributed by atoms with Gasteiger partial charge in [-0.15, -0.1) is 11.8 Å². The molecule has 0 aliphatic rings. The summed E-state index contributed by atoms with van der Waals surface area (Å²) in [5.74, 6) is 0.924. The molecule has 3 nitrogen and oxygen atoms in total. The third kappa shape index (κ3) is 2.88. The summed E-state index contributed by atoms with van der Waals surface area (Å²) in [4.78, 5) is 5.79. The SMILES string of the molecule is CCCNc1nc(C)cn1-c1cccc(SC)c1. The van der Waals surface area contributed by atoms with Crippen LogP contribution in [0.3, 0.4) is 0 Å². The quantitative estimate of drug-likeness (QED) is 0.832. The Kier molecular flexibility index (Phi) is 4.31. The maximum Gasteiger partial charge on any atom is 0.207 e. The molecule has 0 aliphatic heterocycles. The molecule has 4 heteroatoms. The van der Waals surface area contributed by atoms with Crippen molar-refractivity contribution in [1.82, 2.24) is 9.55 Å². The van der Waals surface area contributed by atoms with Gasteiger partial charge in [-0.3, -0.25) is 4.57 Å². The van der Waals surface area contributed by atoms with E-state index in [0.717, 1.165) is 30.3 Å². The van der Waals surface area contributed by atoms with E-state index in [1.54, 1.807) is 11.8 Å². The van der Waals surface area contributed by atoms with Gasteiger partial charge in [0.1, 0.15) is 0 Å². The van der Waals surface area contributed by atoms with Gasteiger partial charge in [0.2, 0.25) is 5.95 Å². The van der Waals surface area contributed by atoms with Gasteiger partial charge >= 0.3 is 0 Å². The summed E-state index contributed by atoms with van der Waals surface area (Å²) in [6, 6.07) is 8.50. The molecule has 0 radical (unpaired) electrons. The zero-order chi connectivity index (χ0) is 13.0. The van der Waals surface area contributed by atoms with E-state index in [1.807, 2.05) is 6.92 Å². The van der Waals surface area contributed by atoms with E-state index < -0.39 is 0 Å². The Labute approximate surface area is 113 Å². The highest BCUT2D eigenvalue weighted by molar-refractivity contribution is 7.98. The Bertz CT molecular complexity index is 520. The van der Waals surface area contributed by atoms with E-state index >= 15 is 0 Å². The average Bonchev–Trinajstić information content (AvgIpc) is 2.77. The monoisotopic (exact) mass is 261 g/mol. The summed E-state index contributed by atoms with van der Waals surface area (Å²) in [6.07, 6.45) is 5.25. The summed E-state index contributed by atoms with van der Waals surface area (Å²) in [5, 5.41) is 3.36. The van der Waals surface area contributed by atoms with Crippen molar-refractivity contribution >= 4 is 17.7 Å². The first kappa shape index (κ1) is 13.0. The summed E-state index contributed by atoms with van der Waals surface area (Å²) in [7, 11) is 0. The molecule has 0 bridgehead atoms. The van der Waals surface area contributed by atoms with Crippen LogP contribution in [-0.2, 0) is 0 Å². The van der Waals surface area contributed by atoms with Crippen molar-refractivity contribution in [3.8, 4) is 5.69 Å². The first-order valence-corrected chi connectivity index (χ1v) is 7.41. The minimum atomic E-state index is 0.924. The lowest BCUT2D eigenvalue weighted by Gasteiger charge is -2.09. The van der Waals surface area contributed by atoms with Crippen molar-refractivity contribution in [2.75, 3.05) is 18.1 Å². The van der Waals surface area contributed by atoms with Gasteiger partial charge in [0, 0.05) is 23.3 Å². The van der Waals surface area contributed by atoms with Crippen LogP contribution in [0, 0.1) is 6.92 Å². The Morgan fingerprint density at radius 1 is 1.39 bits per heavy atom. The summed E-state index contributed by atoms with van der Waals surface area (Å²) in [6.45, 7) is 5.12. The van der Waals surface area contributed by atoms with Crippen molar-refractivity contribution < 1.29 is 0 Å². The largest absolute Gasteiger partial charge is 0.355 e. The Balaban J connectivity index is 2.36.